The molecule has 1 heterocycles. The molecule has 0 spiro atoms. The number of aromatic nitrogens is 1. The molecule has 0 saturated heterocycles. The van der Waals surface area contributed by atoms with Crippen molar-refractivity contribution in [2.24, 2.45) is 0 Å². The van der Waals surface area contributed by atoms with E-state index in [-0.39, 0.29) is 0 Å². The monoisotopic (exact) mass is 161 g/mol. The summed E-state index contributed by atoms with van der Waals surface area (Å²) in [6, 6.07) is 5.62. The van der Waals surface area contributed by atoms with Gasteiger partial charge in [-0.25, -0.2) is 0 Å². The standard InChI is InChI=1S/C10H11NO/c1-8(9(2)12-3)10-6-4-5-7-11-10/h4-7H,1-2H2,3H3. The lowest BCUT2D eigenvalue weighted by Crippen LogP contribution is -1.91. The number of hydrogen-bond donors (Lipinski definition) is 0. The first-order chi connectivity index (χ1) is 5.75. The Balaban J connectivity index is 2.86. The molecule has 0 aliphatic carbocycles. The lowest BCUT2D eigenvalue weighted by molar-refractivity contribution is 0.313. The van der Waals surface area contributed by atoms with Crippen LogP contribution in [0.1, 0.15) is 5.69 Å². The molecule has 2 nitrogen and oxygen atoms in total. The van der Waals surface area contributed by atoms with Crippen molar-refractivity contribution in [1.82, 2.24) is 4.98 Å². The molecular weight excluding hydrogens is 150 g/mol. The minimum absolute atomic E-state index is 0.550. The van der Waals surface area contributed by atoms with Crippen LogP contribution in [0.25, 0.3) is 5.57 Å². The Morgan fingerprint density at radius 1 is 1.42 bits per heavy atom. The molecule has 62 valence electrons. The predicted molar refractivity (Wildman–Crippen MR) is 49.4 cm³/mol. The van der Waals surface area contributed by atoms with Crippen LogP contribution in [-0.2, 0) is 4.74 Å². The van der Waals surface area contributed by atoms with Crippen LogP contribution in [0.2, 0.25) is 0 Å². The zero-order valence-corrected chi connectivity index (χ0v) is 7.08. The van der Waals surface area contributed by atoms with Gasteiger partial charge < -0.3 is 4.74 Å². The van der Waals surface area contributed by atoms with Crippen LogP contribution in [0.3, 0.4) is 0 Å². The van der Waals surface area contributed by atoms with Gasteiger partial charge in [-0.15, -0.1) is 0 Å². The van der Waals surface area contributed by atoms with Gasteiger partial charge in [0.2, 0.25) is 0 Å². The maximum Gasteiger partial charge on any atom is 0.120 e. The summed E-state index contributed by atoms with van der Waals surface area (Å²) in [5, 5.41) is 0. The van der Waals surface area contributed by atoms with E-state index in [1.807, 2.05) is 18.2 Å². The van der Waals surface area contributed by atoms with Crippen molar-refractivity contribution < 1.29 is 4.74 Å². The molecule has 0 radical (unpaired) electrons. The summed E-state index contributed by atoms with van der Waals surface area (Å²) < 4.78 is 4.93. The molecule has 2 heteroatoms. The predicted octanol–water partition coefficient (Wildman–Crippen LogP) is 2.25. The first-order valence-corrected chi connectivity index (χ1v) is 3.59. The van der Waals surface area contributed by atoms with E-state index in [1.54, 1.807) is 13.3 Å². The largest absolute Gasteiger partial charge is 0.497 e. The second-order valence-electron chi connectivity index (χ2n) is 2.32. The Morgan fingerprint density at radius 2 is 2.17 bits per heavy atom. The van der Waals surface area contributed by atoms with Gasteiger partial charge in [0.15, 0.2) is 0 Å². The molecule has 0 aromatic carbocycles. The van der Waals surface area contributed by atoms with Crippen LogP contribution in [-0.4, -0.2) is 12.1 Å². The first-order valence-electron chi connectivity index (χ1n) is 3.59. The molecule has 1 rings (SSSR count). The molecule has 0 amide bonds. The third-order valence-electron chi connectivity index (χ3n) is 1.56. The van der Waals surface area contributed by atoms with Crippen molar-refractivity contribution in [3.8, 4) is 0 Å². The number of methoxy groups -OCH3 is 1. The summed E-state index contributed by atoms with van der Waals surface area (Å²) in [4.78, 5) is 4.11. The van der Waals surface area contributed by atoms with Crippen molar-refractivity contribution in [3.63, 3.8) is 0 Å². The summed E-state index contributed by atoms with van der Waals surface area (Å²) in [7, 11) is 1.57. The average Bonchev–Trinajstić information content (AvgIpc) is 2.17. The normalized spacial score (nSPS) is 9.08. The van der Waals surface area contributed by atoms with Gasteiger partial charge in [-0.1, -0.05) is 19.2 Å². The van der Waals surface area contributed by atoms with Gasteiger partial charge in [0.1, 0.15) is 5.76 Å². The lowest BCUT2D eigenvalue weighted by atomic mass is 10.2. The molecule has 0 saturated carbocycles. The van der Waals surface area contributed by atoms with Crippen molar-refractivity contribution in [3.05, 3.63) is 49.0 Å². The molecule has 0 N–H and O–H groups in total. The number of allylic oxidation sites excluding steroid dienone is 1. The maximum absolute atomic E-state index is 4.93. The fourth-order valence-corrected chi connectivity index (χ4v) is 0.807. The Morgan fingerprint density at radius 3 is 2.67 bits per heavy atom. The molecule has 1 aromatic rings. The van der Waals surface area contributed by atoms with E-state index in [0.29, 0.717) is 5.76 Å². The van der Waals surface area contributed by atoms with Gasteiger partial charge in [0.25, 0.3) is 0 Å². The van der Waals surface area contributed by atoms with Crippen LogP contribution >= 0.6 is 0 Å². The van der Waals surface area contributed by atoms with Gasteiger partial charge >= 0.3 is 0 Å². The molecule has 0 fully saturated rings. The number of pyridine rings is 1. The maximum atomic E-state index is 4.93. The second-order valence-corrected chi connectivity index (χ2v) is 2.32. The third kappa shape index (κ3) is 1.72. The third-order valence-corrected chi connectivity index (χ3v) is 1.56. The quantitative estimate of drug-likeness (QED) is 0.501. The SMILES string of the molecule is C=C(OC)C(=C)c1ccccn1. The van der Waals surface area contributed by atoms with E-state index in [0.717, 1.165) is 11.3 Å². The minimum atomic E-state index is 0.550. The van der Waals surface area contributed by atoms with E-state index in [4.69, 9.17) is 4.74 Å². The van der Waals surface area contributed by atoms with Gasteiger partial charge in [-0.2, -0.15) is 0 Å². The van der Waals surface area contributed by atoms with Crippen molar-refractivity contribution >= 4 is 5.57 Å². The zero-order valence-electron chi connectivity index (χ0n) is 7.08. The summed E-state index contributed by atoms with van der Waals surface area (Å²) in [5.41, 5.74) is 1.52. The molecule has 12 heavy (non-hydrogen) atoms. The van der Waals surface area contributed by atoms with E-state index in [9.17, 15) is 0 Å². The minimum Gasteiger partial charge on any atom is -0.497 e. The van der Waals surface area contributed by atoms with Crippen LogP contribution < -0.4 is 0 Å². The highest BCUT2D eigenvalue weighted by Crippen LogP contribution is 2.16. The molecule has 0 aliphatic heterocycles. The van der Waals surface area contributed by atoms with Crippen molar-refractivity contribution in [1.29, 1.82) is 0 Å². The topological polar surface area (TPSA) is 22.1 Å². The summed E-state index contributed by atoms with van der Waals surface area (Å²) in [6.45, 7) is 7.50. The van der Waals surface area contributed by atoms with Crippen LogP contribution in [0.15, 0.2) is 43.3 Å². The Hall–Kier alpha value is -1.57. The highest BCUT2D eigenvalue weighted by atomic mass is 16.5. The van der Waals surface area contributed by atoms with Crippen molar-refractivity contribution in [2.75, 3.05) is 7.11 Å². The van der Waals surface area contributed by atoms with Gasteiger partial charge in [0.05, 0.1) is 12.8 Å². The van der Waals surface area contributed by atoms with E-state index < -0.39 is 0 Å². The zero-order chi connectivity index (χ0) is 8.97. The van der Waals surface area contributed by atoms with Crippen LogP contribution in [0.4, 0.5) is 0 Å². The van der Waals surface area contributed by atoms with Gasteiger partial charge in [-0.05, 0) is 12.1 Å². The number of nitrogens with zero attached hydrogens (tertiary/aromatic N) is 1. The highest BCUT2D eigenvalue weighted by Gasteiger charge is 2.02. The lowest BCUT2D eigenvalue weighted by Gasteiger charge is -2.05. The Bertz CT molecular complexity index is 290. The number of hydrogen-bond acceptors (Lipinski definition) is 2. The molecule has 0 aliphatic rings. The van der Waals surface area contributed by atoms with Crippen LogP contribution in [0.5, 0.6) is 0 Å². The fourth-order valence-electron chi connectivity index (χ4n) is 0.807. The molecule has 0 unspecified atom stereocenters. The first kappa shape index (κ1) is 8.53. The average molecular weight is 161 g/mol. The molecular formula is C10H11NO. The van der Waals surface area contributed by atoms with E-state index in [2.05, 4.69) is 18.1 Å². The number of rotatable bonds is 3. The molecule has 0 bridgehead atoms. The second kappa shape index (κ2) is 3.72. The fraction of sp³-hybridized carbons (Fsp3) is 0.100. The van der Waals surface area contributed by atoms with E-state index >= 15 is 0 Å². The molecule has 0 atom stereocenters. The Labute approximate surface area is 72.2 Å². The Kier molecular flexibility index (Phi) is 2.64. The summed E-state index contributed by atoms with van der Waals surface area (Å²) in [6.07, 6.45) is 1.71. The van der Waals surface area contributed by atoms with Crippen molar-refractivity contribution in [2.45, 2.75) is 0 Å². The van der Waals surface area contributed by atoms with Crippen LogP contribution in [0, 0.1) is 0 Å². The smallest absolute Gasteiger partial charge is 0.120 e. The van der Waals surface area contributed by atoms with E-state index in [1.165, 1.54) is 0 Å². The highest BCUT2D eigenvalue weighted by molar-refractivity contribution is 5.71. The van der Waals surface area contributed by atoms with Gasteiger partial charge in [-0.3, -0.25) is 4.98 Å². The van der Waals surface area contributed by atoms with Gasteiger partial charge in [0, 0.05) is 11.8 Å². The molecule has 1 aromatic heterocycles. The summed E-state index contributed by atoms with van der Waals surface area (Å²) in [5.74, 6) is 0.550. The number of ether oxygens (including phenoxy) is 1. The summed E-state index contributed by atoms with van der Waals surface area (Å²) >= 11 is 0.